The first kappa shape index (κ1) is 13.0. The average Bonchev–Trinajstić information content (AvgIpc) is 2.20. The number of hydrogen-bond acceptors (Lipinski definition) is 2. The van der Waals surface area contributed by atoms with Gasteiger partial charge in [-0.2, -0.15) is 0 Å². The molecule has 0 spiro atoms. The summed E-state index contributed by atoms with van der Waals surface area (Å²) in [5, 5.41) is 0. The van der Waals surface area contributed by atoms with E-state index in [1.165, 1.54) is 0 Å². The maximum atomic E-state index is 11.8. The van der Waals surface area contributed by atoms with Crippen molar-refractivity contribution in [3.8, 4) is 5.75 Å². The maximum absolute atomic E-state index is 11.8. The summed E-state index contributed by atoms with van der Waals surface area (Å²) in [5.74, 6) is 1.03. The van der Waals surface area contributed by atoms with Gasteiger partial charge in [-0.05, 0) is 32.9 Å². The highest BCUT2D eigenvalue weighted by molar-refractivity contribution is 6.19. The van der Waals surface area contributed by atoms with Crippen LogP contribution in [0.25, 0.3) is 0 Å². The van der Waals surface area contributed by atoms with Crippen LogP contribution in [0.2, 0.25) is 0 Å². The van der Waals surface area contributed by atoms with Crippen molar-refractivity contribution in [2.45, 2.75) is 33.3 Å². The lowest BCUT2D eigenvalue weighted by Crippen LogP contribution is -2.10. The van der Waals surface area contributed by atoms with Crippen molar-refractivity contribution in [1.29, 1.82) is 0 Å². The number of ether oxygens (including phenoxy) is 1. The van der Waals surface area contributed by atoms with Gasteiger partial charge in [-0.3, -0.25) is 4.79 Å². The van der Waals surface area contributed by atoms with Crippen LogP contribution in [0.15, 0.2) is 18.2 Å². The van der Waals surface area contributed by atoms with E-state index in [0.29, 0.717) is 23.6 Å². The molecule has 0 aliphatic rings. The van der Waals surface area contributed by atoms with Crippen molar-refractivity contribution in [2.75, 3.05) is 5.88 Å². The van der Waals surface area contributed by atoms with Crippen molar-refractivity contribution in [1.82, 2.24) is 0 Å². The van der Waals surface area contributed by atoms with Crippen LogP contribution >= 0.6 is 11.6 Å². The third kappa shape index (κ3) is 3.53. The Labute approximate surface area is 102 Å². The molecule has 0 unspecified atom stereocenters. The van der Waals surface area contributed by atoms with Crippen molar-refractivity contribution >= 4 is 17.4 Å². The van der Waals surface area contributed by atoms with Crippen LogP contribution in [-0.2, 0) is 0 Å². The zero-order chi connectivity index (χ0) is 12.1. The zero-order valence-corrected chi connectivity index (χ0v) is 10.7. The highest BCUT2D eigenvalue weighted by atomic mass is 35.5. The number of benzene rings is 1. The molecule has 1 rings (SSSR count). The molecule has 0 bridgehead atoms. The normalized spacial score (nSPS) is 10.6. The number of Topliss-reactive ketones (excluding diaryl/α,β-unsaturated/α-hetero) is 1. The van der Waals surface area contributed by atoms with E-state index >= 15 is 0 Å². The average molecular weight is 241 g/mol. The van der Waals surface area contributed by atoms with E-state index in [4.69, 9.17) is 16.3 Å². The SMILES string of the molecule is Cc1ccc(OC(C)C)c(C(=O)CCCl)c1. The molecular weight excluding hydrogens is 224 g/mol. The fourth-order valence-corrected chi connectivity index (χ4v) is 1.61. The molecule has 1 aromatic rings. The van der Waals surface area contributed by atoms with Gasteiger partial charge in [0.2, 0.25) is 0 Å². The van der Waals surface area contributed by atoms with Crippen molar-refractivity contribution in [2.24, 2.45) is 0 Å². The smallest absolute Gasteiger partial charge is 0.167 e. The first-order valence-electron chi connectivity index (χ1n) is 5.41. The van der Waals surface area contributed by atoms with Gasteiger partial charge in [0.05, 0.1) is 11.7 Å². The molecule has 0 aromatic heterocycles. The Morgan fingerprint density at radius 3 is 2.69 bits per heavy atom. The van der Waals surface area contributed by atoms with Gasteiger partial charge >= 0.3 is 0 Å². The lowest BCUT2D eigenvalue weighted by Gasteiger charge is -2.14. The number of alkyl halides is 1. The number of carbonyl (C=O) groups is 1. The summed E-state index contributed by atoms with van der Waals surface area (Å²) in [4.78, 5) is 11.8. The van der Waals surface area contributed by atoms with Crippen LogP contribution in [0, 0.1) is 6.92 Å². The molecule has 0 amide bonds. The zero-order valence-electron chi connectivity index (χ0n) is 9.92. The van der Waals surface area contributed by atoms with Gasteiger partial charge < -0.3 is 4.74 Å². The quantitative estimate of drug-likeness (QED) is 0.581. The third-order valence-electron chi connectivity index (χ3n) is 2.12. The number of halogens is 1. The Bertz CT molecular complexity index is 372. The Morgan fingerprint density at radius 1 is 1.44 bits per heavy atom. The molecule has 16 heavy (non-hydrogen) atoms. The predicted molar refractivity (Wildman–Crippen MR) is 66.6 cm³/mol. The van der Waals surface area contributed by atoms with Crippen LogP contribution in [0.4, 0.5) is 0 Å². The van der Waals surface area contributed by atoms with Gasteiger partial charge in [-0.1, -0.05) is 11.6 Å². The monoisotopic (exact) mass is 240 g/mol. The highest BCUT2D eigenvalue weighted by Crippen LogP contribution is 2.23. The standard InChI is InChI=1S/C13H17ClO2/c1-9(2)16-13-5-4-10(3)8-11(13)12(15)6-7-14/h4-5,8-9H,6-7H2,1-3H3. The molecule has 0 radical (unpaired) electrons. The Morgan fingerprint density at radius 2 is 2.12 bits per heavy atom. The van der Waals surface area contributed by atoms with E-state index in [1.54, 1.807) is 0 Å². The molecule has 3 heteroatoms. The van der Waals surface area contributed by atoms with Gasteiger partial charge in [-0.15, -0.1) is 11.6 Å². The first-order valence-corrected chi connectivity index (χ1v) is 5.94. The molecular formula is C13H17ClO2. The Hall–Kier alpha value is -1.02. The number of hydrogen-bond donors (Lipinski definition) is 0. The maximum Gasteiger partial charge on any atom is 0.167 e. The van der Waals surface area contributed by atoms with E-state index in [1.807, 2.05) is 39.0 Å². The van der Waals surface area contributed by atoms with Crippen LogP contribution in [0.1, 0.15) is 36.2 Å². The van der Waals surface area contributed by atoms with E-state index in [2.05, 4.69) is 0 Å². The molecule has 0 atom stereocenters. The molecule has 0 aliphatic heterocycles. The molecule has 1 aromatic carbocycles. The van der Waals surface area contributed by atoms with Gasteiger partial charge in [0.25, 0.3) is 0 Å². The lowest BCUT2D eigenvalue weighted by atomic mass is 10.0. The van der Waals surface area contributed by atoms with E-state index in [0.717, 1.165) is 5.56 Å². The molecule has 88 valence electrons. The second kappa shape index (κ2) is 5.90. The van der Waals surface area contributed by atoms with Crippen LogP contribution < -0.4 is 4.74 Å². The summed E-state index contributed by atoms with van der Waals surface area (Å²) in [5.41, 5.74) is 1.68. The molecule has 0 saturated heterocycles. The highest BCUT2D eigenvalue weighted by Gasteiger charge is 2.13. The van der Waals surface area contributed by atoms with Crippen LogP contribution in [0.5, 0.6) is 5.75 Å². The Kier molecular flexibility index (Phi) is 4.81. The molecule has 0 aliphatic carbocycles. The van der Waals surface area contributed by atoms with E-state index in [-0.39, 0.29) is 11.9 Å². The lowest BCUT2D eigenvalue weighted by molar-refractivity contribution is 0.0983. The minimum Gasteiger partial charge on any atom is -0.490 e. The summed E-state index contributed by atoms with van der Waals surface area (Å²) >= 11 is 5.58. The summed E-state index contributed by atoms with van der Waals surface area (Å²) in [6.45, 7) is 5.84. The van der Waals surface area contributed by atoms with Gasteiger partial charge in [-0.25, -0.2) is 0 Å². The minimum atomic E-state index is 0.0364. The third-order valence-corrected chi connectivity index (χ3v) is 2.31. The first-order chi connectivity index (χ1) is 7.54. The van der Waals surface area contributed by atoms with Gasteiger partial charge in [0.1, 0.15) is 5.75 Å². The van der Waals surface area contributed by atoms with E-state index in [9.17, 15) is 4.79 Å². The van der Waals surface area contributed by atoms with Crippen LogP contribution in [-0.4, -0.2) is 17.8 Å². The van der Waals surface area contributed by atoms with Crippen molar-refractivity contribution < 1.29 is 9.53 Å². The fraction of sp³-hybridized carbons (Fsp3) is 0.462. The second-order valence-electron chi connectivity index (χ2n) is 4.03. The number of ketones is 1. The minimum absolute atomic E-state index is 0.0364. The fourth-order valence-electron chi connectivity index (χ4n) is 1.44. The predicted octanol–water partition coefficient (Wildman–Crippen LogP) is 3.59. The molecule has 0 N–H and O–H groups in total. The summed E-state index contributed by atoms with van der Waals surface area (Å²) in [6, 6.07) is 5.64. The van der Waals surface area contributed by atoms with E-state index < -0.39 is 0 Å². The molecule has 0 saturated carbocycles. The summed E-state index contributed by atoms with van der Waals surface area (Å²) < 4.78 is 5.60. The molecule has 0 heterocycles. The summed E-state index contributed by atoms with van der Waals surface area (Å²) in [6.07, 6.45) is 0.407. The van der Waals surface area contributed by atoms with Crippen LogP contribution in [0.3, 0.4) is 0 Å². The molecule has 0 fully saturated rings. The van der Waals surface area contributed by atoms with Gasteiger partial charge in [0, 0.05) is 12.3 Å². The molecule has 2 nitrogen and oxygen atoms in total. The largest absolute Gasteiger partial charge is 0.490 e. The topological polar surface area (TPSA) is 26.3 Å². The van der Waals surface area contributed by atoms with Crippen molar-refractivity contribution in [3.05, 3.63) is 29.3 Å². The number of rotatable bonds is 5. The van der Waals surface area contributed by atoms with Crippen molar-refractivity contribution in [3.63, 3.8) is 0 Å². The second-order valence-corrected chi connectivity index (χ2v) is 4.41. The number of aryl methyl sites for hydroxylation is 1. The number of carbonyl (C=O) groups excluding carboxylic acids is 1. The Balaban J connectivity index is 3.02. The van der Waals surface area contributed by atoms with Gasteiger partial charge in [0.15, 0.2) is 5.78 Å². The summed E-state index contributed by atoms with van der Waals surface area (Å²) in [7, 11) is 0.